The Kier molecular flexibility index (Phi) is 5.59. The maximum Gasteiger partial charge on any atom is 0.322 e. The minimum atomic E-state index is -0.114. The molecule has 7 heteroatoms. The number of benzene rings is 1. The zero-order chi connectivity index (χ0) is 22.2. The fourth-order valence-electron chi connectivity index (χ4n) is 5.00. The standard InChI is InChI=1S/C25H29N3O3S/c1-4-20-21-9-7-13-27(21)24-18(17-8-5-6-10-23(17)32-24)15-28(20)25(29)26-19-12-11-16(30-2)14-22(19)31-3/h7,9,11-14,20H,4-6,8,10,15H2,1-3H3,(H,26,29). The van der Waals surface area contributed by atoms with E-state index < -0.39 is 0 Å². The number of hydrogen-bond donors (Lipinski definition) is 1. The maximum atomic E-state index is 13.7. The van der Waals surface area contributed by atoms with Gasteiger partial charge in [0.05, 0.1) is 32.5 Å². The van der Waals surface area contributed by atoms with E-state index in [2.05, 4.69) is 35.1 Å². The fraction of sp³-hybridized carbons (Fsp3) is 0.400. The Morgan fingerprint density at radius 1 is 1.16 bits per heavy atom. The van der Waals surface area contributed by atoms with Crippen LogP contribution in [0.1, 0.15) is 53.9 Å². The topological polar surface area (TPSA) is 55.7 Å². The van der Waals surface area contributed by atoms with Crippen LogP contribution in [0.3, 0.4) is 0 Å². The number of thiophene rings is 1. The SMILES string of the molecule is CCC1c2cccn2-c2sc3c(c2CN1C(=O)Nc1ccc(OC)cc1OC)CCCC3. The first-order valence-corrected chi connectivity index (χ1v) is 12.1. The molecule has 0 spiro atoms. The van der Waals surface area contributed by atoms with Crippen molar-refractivity contribution in [2.75, 3.05) is 19.5 Å². The summed E-state index contributed by atoms with van der Waals surface area (Å²) in [5, 5.41) is 4.39. The summed E-state index contributed by atoms with van der Waals surface area (Å²) >= 11 is 1.91. The first kappa shape index (κ1) is 20.9. The number of amides is 2. The lowest BCUT2D eigenvalue weighted by Crippen LogP contribution is -2.37. The van der Waals surface area contributed by atoms with Gasteiger partial charge in [-0.15, -0.1) is 11.3 Å². The summed E-state index contributed by atoms with van der Waals surface area (Å²) in [5.74, 6) is 1.27. The van der Waals surface area contributed by atoms with Crippen molar-refractivity contribution in [2.45, 2.75) is 51.6 Å². The van der Waals surface area contributed by atoms with Gasteiger partial charge in [-0.2, -0.15) is 0 Å². The van der Waals surface area contributed by atoms with Gasteiger partial charge in [0.25, 0.3) is 0 Å². The molecule has 2 amide bonds. The Balaban J connectivity index is 1.54. The molecule has 1 aliphatic heterocycles. The van der Waals surface area contributed by atoms with E-state index in [1.165, 1.54) is 39.5 Å². The molecule has 2 aliphatic rings. The van der Waals surface area contributed by atoms with Gasteiger partial charge < -0.3 is 24.3 Å². The summed E-state index contributed by atoms with van der Waals surface area (Å²) in [6.07, 6.45) is 7.72. The molecule has 3 aromatic rings. The van der Waals surface area contributed by atoms with Gasteiger partial charge in [-0.25, -0.2) is 4.79 Å². The van der Waals surface area contributed by atoms with Crippen LogP contribution in [0, 0.1) is 0 Å². The van der Waals surface area contributed by atoms with Gasteiger partial charge in [0.1, 0.15) is 16.5 Å². The highest BCUT2D eigenvalue weighted by Gasteiger charge is 2.34. The van der Waals surface area contributed by atoms with Crippen molar-refractivity contribution < 1.29 is 14.3 Å². The lowest BCUT2D eigenvalue weighted by molar-refractivity contribution is 0.181. The molecule has 0 saturated carbocycles. The number of hydrogen-bond acceptors (Lipinski definition) is 4. The van der Waals surface area contributed by atoms with Crippen molar-refractivity contribution in [1.29, 1.82) is 0 Å². The second kappa shape index (κ2) is 8.54. The van der Waals surface area contributed by atoms with E-state index in [-0.39, 0.29) is 12.1 Å². The lowest BCUT2D eigenvalue weighted by atomic mass is 9.95. The zero-order valence-corrected chi connectivity index (χ0v) is 19.6. The van der Waals surface area contributed by atoms with Crippen LogP contribution in [0.5, 0.6) is 11.5 Å². The van der Waals surface area contributed by atoms with Crippen LogP contribution in [-0.2, 0) is 19.4 Å². The predicted molar refractivity (Wildman–Crippen MR) is 127 cm³/mol. The predicted octanol–water partition coefficient (Wildman–Crippen LogP) is 5.93. The van der Waals surface area contributed by atoms with Crippen LogP contribution < -0.4 is 14.8 Å². The van der Waals surface area contributed by atoms with Crippen molar-refractivity contribution in [2.24, 2.45) is 0 Å². The largest absolute Gasteiger partial charge is 0.497 e. The third-order valence-corrected chi connectivity index (χ3v) is 7.94. The number of ether oxygens (including phenoxy) is 2. The molecule has 5 rings (SSSR count). The molecule has 0 bridgehead atoms. The van der Waals surface area contributed by atoms with Crippen molar-refractivity contribution in [3.8, 4) is 16.5 Å². The van der Waals surface area contributed by atoms with Crippen molar-refractivity contribution in [3.63, 3.8) is 0 Å². The summed E-state index contributed by atoms with van der Waals surface area (Å²) in [7, 11) is 3.21. The normalized spacial score (nSPS) is 17.1. The smallest absolute Gasteiger partial charge is 0.322 e. The lowest BCUT2D eigenvalue weighted by Gasteiger charge is -2.30. The van der Waals surface area contributed by atoms with Crippen LogP contribution in [0.15, 0.2) is 36.5 Å². The first-order chi connectivity index (χ1) is 15.6. The van der Waals surface area contributed by atoms with Crippen LogP contribution >= 0.6 is 11.3 Å². The molecule has 1 aromatic carbocycles. The Morgan fingerprint density at radius 2 is 2.00 bits per heavy atom. The molecule has 1 unspecified atom stereocenters. The Morgan fingerprint density at radius 3 is 2.78 bits per heavy atom. The second-order valence-corrected chi connectivity index (χ2v) is 9.43. The van der Waals surface area contributed by atoms with Gasteiger partial charge in [-0.1, -0.05) is 6.92 Å². The number of aryl methyl sites for hydroxylation is 1. The van der Waals surface area contributed by atoms with E-state index in [9.17, 15) is 4.79 Å². The van der Waals surface area contributed by atoms with Crippen LogP contribution in [0.2, 0.25) is 0 Å². The molecule has 0 saturated heterocycles. The van der Waals surface area contributed by atoms with Gasteiger partial charge in [0, 0.05) is 28.4 Å². The van der Waals surface area contributed by atoms with E-state index in [4.69, 9.17) is 9.47 Å². The zero-order valence-electron chi connectivity index (χ0n) is 18.8. The molecule has 2 aromatic heterocycles. The molecular weight excluding hydrogens is 422 g/mol. The third-order valence-electron chi connectivity index (χ3n) is 6.60. The van der Waals surface area contributed by atoms with Gasteiger partial charge >= 0.3 is 6.03 Å². The van der Waals surface area contributed by atoms with Crippen molar-refractivity contribution in [3.05, 3.63) is 58.2 Å². The minimum Gasteiger partial charge on any atom is -0.497 e. The average molecular weight is 452 g/mol. The highest BCUT2D eigenvalue weighted by Crippen LogP contribution is 2.43. The number of nitrogens with zero attached hydrogens (tertiary/aromatic N) is 2. The van der Waals surface area contributed by atoms with Crippen molar-refractivity contribution in [1.82, 2.24) is 9.47 Å². The summed E-state index contributed by atoms with van der Waals surface area (Å²) in [6, 6.07) is 9.56. The van der Waals surface area contributed by atoms with Gasteiger partial charge in [0.15, 0.2) is 0 Å². The van der Waals surface area contributed by atoms with Gasteiger partial charge in [-0.3, -0.25) is 0 Å². The highest BCUT2D eigenvalue weighted by molar-refractivity contribution is 7.15. The second-order valence-electron chi connectivity index (χ2n) is 8.35. The Labute approximate surface area is 192 Å². The van der Waals surface area contributed by atoms with E-state index >= 15 is 0 Å². The molecule has 1 N–H and O–H groups in total. The number of rotatable bonds is 4. The number of nitrogens with one attached hydrogen (secondary N) is 1. The molecule has 168 valence electrons. The Bertz CT molecular complexity index is 1150. The average Bonchev–Trinajstić information content (AvgIpc) is 3.41. The molecule has 1 atom stereocenters. The van der Waals surface area contributed by atoms with E-state index in [0.717, 1.165) is 19.3 Å². The molecular formula is C25H29N3O3S. The minimum absolute atomic E-state index is 0.00640. The number of urea groups is 1. The number of anilines is 1. The highest BCUT2D eigenvalue weighted by atomic mass is 32.1. The van der Waals surface area contributed by atoms with E-state index in [1.54, 1.807) is 20.3 Å². The fourth-order valence-corrected chi connectivity index (χ4v) is 6.40. The molecule has 0 radical (unpaired) electrons. The number of methoxy groups -OCH3 is 2. The van der Waals surface area contributed by atoms with Crippen LogP contribution in [-0.4, -0.2) is 29.7 Å². The molecule has 3 heterocycles. The van der Waals surface area contributed by atoms with Crippen molar-refractivity contribution >= 4 is 23.1 Å². The summed E-state index contributed by atoms with van der Waals surface area (Å²) < 4.78 is 13.1. The summed E-state index contributed by atoms with van der Waals surface area (Å²) in [4.78, 5) is 17.1. The number of carbonyl (C=O) groups is 1. The quantitative estimate of drug-likeness (QED) is 0.535. The maximum absolute atomic E-state index is 13.7. The number of aromatic nitrogens is 1. The molecule has 32 heavy (non-hydrogen) atoms. The van der Waals surface area contributed by atoms with Gasteiger partial charge in [0.2, 0.25) is 0 Å². The van der Waals surface area contributed by atoms with Crippen LogP contribution in [0.4, 0.5) is 10.5 Å². The molecule has 1 aliphatic carbocycles. The third kappa shape index (κ3) is 3.45. The monoisotopic (exact) mass is 451 g/mol. The van der Waals surface area contributed by atoms with E-state index in [1.807, 2.05) is 28.4 Å². The number of fused-ring (bicyclic) bond motifs is 5. The first-order valence-electron chi connectivity index (χ1n) is 11.2. The molecule has 0 fully saturated rings. The summed E-state index contributed by atoms with van der Waals surface area (Å²) in [6.45, 7) is 2.76. The Hall–Kier alpha value is -2.93. The van der Waals surface area contributed by atoms with E-state index in [0.29, 0.717) is 23.7 Å². The molecule has 6 nitrogen and oxygen atoms in total. The summed E-state index contributed by atoms with van der Waals surface area (Å²) in [5.41, 5.74) is 4.59. The number of carbonyl (C=O) groups excluding carboxylic acids is 1. The van der Waals surface area contributed by atoms with Crippen LogP contribution in [0.25, 0.3) is 5.00 Å². The van der Waals surface area contributed by atoms with Gasteiger partial charge in [-0.05, 0) is 61.9 Å².